The number of hydrogen-bond acceptors (Lipinski definition) is 5. The summed E-state index contributed by atoms with van der Waals surface area (Å²) >= 11 is 0. The summed E-state index contributed by atoms with van der Waals surface area (Å²) < 4.78 is 0. The predicted octanol–water partition coefficient (Wildman–Crippen LogP) is 0.790. The van der Waals surface area contributed by atoms with Crippen LogP contribution in [0, 0.1) is 0 Å². The summed E-state index contributed by atoms with van der Waals surface area (Å²) in [6, 6.07) is 3.55. The summed E-state index contributed by atoms with van der Waals surface area (Å²) in [5.74, 6) is 0.445. The second-order valence-electron chi connectivity index (χ2n) is 4.36. The molecule has 0 aromatic carbocycles. The van der Waals surface area contributed by atoms with Gasteiger partial charge in [0.2, 0.25) is 0 Å². The summed E-state index contributed by atoms with van der Waals surface area (Å²) in [5, 5.41) is 19.4. The second-order valence-corrected chi connectivity index (χ2v) is 4.36. The Labute approximate surface area is 108 Å². The van der Waals surface area contributed by atoms with Gasteiger partial charge in [-0.2, -0.15) is 0 Å². The van der Waals surface area contributed by atoms with Gasteiger partial charge >= 0.3 is 0 Å². The highest BCUT2D eigenvalue weighted by molar-refractivity contribution is 5.30. The van der Waals surface area contributed by atoms with Crippen molar-refractivity contribution in [2.24, 2.45) is 0 Å². The highest BCUT2D eigenvalue weighted by atomic mass is 16.3. The fraction of sp³-hybridized carbons (Fsp3) is 0.615. The molecule has 4 N–H and O–H groups in total. The number of aliphatic hydroxyl groups excluding tert-OH is 2. The monoisotopic (exact) mass is 253 g/mol. The molecule has 0 aliphatic rings. The van der Waals surface area contributed by atoms with Gasteiger partial charge in [-0.3, -0.25) is 4.90 Å². The number of aromatic nitrogens is 1. The number of pyridine rings is 1. The third kappa shape index (κ3) is 3.94. The molecule has 5 heteroatoms. The van der Waals surface area contributed by atoms with Gasteiger partial charge in [0, 0.05) is 24.3 Å². The molecule has 1 aromatic rings. The molecule has 0 spiro atoms. The summed E-state index contributed by atoms with van der Waals surface area (Å²) in [7, 11) is 0. The van der Waals surface area contributed by atoms with E-state index >= 15 is 0 Å². The molecule has 5 nitrogen and oxygen atoms in total. The predicted molar refractivity (Wildman–Crippen MR) is 72.0 cm³/mol. The molecule has 0 saturated heterocycles. The van der Waals surface area contributed by atoms with Crippen LogP contribution in [-0.2, 0) is 0 Å². The molecule has 0 saturated carbocycles. The number of nitrogens with two attached hydrogens (primary N) is 1. The van der Waals surface area contributed by atoms with E-state index < -0.39 is 6.10 Å². The standard InChI is InChI=1S/C13H23N3O2/c1-3-11(9-17)16(4-2)8-12(18)10-5-6-13(14)15-7-10/h5-7,11-12,17-18H,3-4,8-9H2,1-2H3,(H2,14,15)/t11-,12?/m0/s1. The molecule has 18 heavy (non-hydrogen) atoms. The van der Waals surface area contributed by atoms with Crippen molar-refractivity contribution in [3.8, 4) is 0 Å². The molecular formula is C13H23N3O2. The van der Waals surface area contributed by atoms with E-state index in [0.717, 1.165) is 18.5 Å². The first-order valence-electron chi connectivity index (χ1n) is 6.36. The van der Waals surface area contributed by atoms with E-state index in [1.165, 1.54) is 0 Å². The molecule has 0 aliphatic heterocycles. The van der Waals surface area contributed by atoms with Crippen LogP contribution >= 0.6 is 0 Å². The van der Waals surface area contributed by atoms with Crippen molar-refractivity contribution in [2.45, 2.75) is 32.4 Å². The Morgan fingerprint density at radius 3 is 2.56 bits per heavy atom. The van der Waals surface area contributed by atoms with Crippen LogP contribution in [0.25, 0.3) is 0 Å². The van der Waals surface area contributed by atoms with Crippen molar-refractivity contribution in [3.63, 3.8) is 0 Å². The van der Waals surface area contributed by atoms with Crippen LogP contribution < -0.4 is 5.73 Å². The molecule has 1 rings (SSSR count). The van der Waals surface area contributed by atoms with Crippen molar-refractivity contribution in [1.82, 2.24) is 9.88 Å². The number of likely N-dealkylation sites (N-methyl/N-ethyl adjacent to an activating group) is 1. The lowest BCUT2D eigenvalue weighted by Crippen LogP contribution is -2.40. The van der Waals surface area contributed by atoms with Gasteiger partial charge < -0.3 is 15.9 Å². The van der Waals surface area contributed by atoms with Crippen molar-refractivity contribution in [3.05, 3.63) is 23.9 Å². The molecule has 1 aromatic heterocycles. The number of nitrogen functional groups attached to an aromatic ring is 1. The summed E-state index contributed by atoms with van der Waals surface area (Å²) in [6.07, 6.45) is 1.84. The highest BCUT2D eigenvalue weighted by Gasteiger charge is 2.18. The van der Waals surface area contributed by atoms with Crippen molar-refractivity contribution >= 4 is 5.82 Å². The largest absolute Gasteiger partial charge is 0.395 e. The van der Waals surface area contributed by atoms with Gasteiger partial charge in [0.25, 0.3) is 0 Å². The third-order valence-corrected chi connectivity index (χ3v) is 3.21. The third-order valence-electron chi connectivity index (χ3n) is 3.21. The summed E-state index contributed by atoms with van der Waals surface area (Å²) in [4.78, 5) is 6.04. The number of nitrogens with zero attached hydrogens (tertiary/aromatic N) is 2. The molecular weight excluding hydrogens is 230 g/mol. The zero-order valence-corrected chi connectivity index (χ0v) is 11.1. The van der Waals surface area contributed by atoms with Crippen molar-refractivity contribution in [1.29, 1.82) is 0 Å². The molecule has 102 valence electrons. The molecule has 0 amide bonds. The minimum Gasteiger partial charge on any atom is -0.395 e. The smallest absolute Gasteiger partial charge is 0.123 e. The number of anilines is 1. The minimum atomic E-state index is -0.612. The zero-order chi connectivity index (χ0) is 13.5. The average molecular weight is 253 g/mol. The fourth-order valence-corrected chi connectivity index (χ4v) is 1.98. The Morgan fingerprint density at radius 1 is 1.39 bits per heavy atom. The van der Waals surface area contributed by atoms with Crippen LogP contribution in [-0.4, -0.2) is 45.8 Å². The Bertz CT molecular complexity index is 339. The topological polar surface area (TPSA) is 82.6 Å². The molecule has 2 atom stereocenters. The average Bonchev–Trinajstić information content (AvgIpc) is 2.39. The van der Waals surface area contributed by atoms with Crippen LogP contribution in [0.4, 0.5) is 5.82 Å². The maximum atomic E-state index is 10.1. The number of rotatable bonds is 7. The minimum absolute atomic E-state index is 0.0893. The van der Waals surface area contributed by atoms with Gasteiger partial charge in [-0.25, -0.2) is 4.98 Å². The molecule has 1 unspecified atom stereocenters. The van der Waals surface area contributed by atoms with Crippen LogP contribution in [0.5, 0.6) is 0 Å². The fourth-order valence-electron chi connectivity index (χ4n) is 1.98. The van der Waals surface area contributed by atoms with Crippen LogP contribution in [0.3, 0.4) is 0 Å². The van der Waals surface area contributed by atoms with E-state index in [0.29, 0.717) is 12.4 Å². The molecule has 0 radical (unpaired) electrons. The number of hydrogen-bond donors (Lipinski definition) is 3. The van der Waals surface area contributed by atoms with E-state index in [1.54, 1.807) is 18.3 Å². The molecule has 1 heterocycles. The first-order chi connectivity index (χ1) is 8.62. The maximum absolute atomic E-state index is 10.1. The van der Waals surface area contributed by atoms with Crippen LogP contribution in [0.2, 0.25) is 0 Å². The van der Waals surface area contributed by atoms with Gasteiger partial charge in [0.15, 0.2) is 0 Å². The van der Waals surface area contributed by atoms with Crippen molar-refractivity contribution in [2.75, 3.05) is 25.4 Å². The summed E-state index contributed by atoms with van der Waals surface area (Å²) in [6.45, 7) is 5.43. The Kier molecular flexibility index (Phi) is 6.04. The van der Waals surface area contributed by atoms with Gasteiger partial charge in [0.1, 0.15) is 5.82 Å². The van der Waals surface area contributed by atoms with Crippen LogP contribution in [0.15, 0.2) is 18.3 Å². The van der Waals surface area contributed by atoms with E-state index in [4.69, 9.17) is 5.73 Å². The second kappa shape index (κ2) is 7.31. The Morgan fingerprint density at radius 2 is 2.11 bits per heavy atom. The lowest BCUT2D eigenvalue weighted by atomic mass is 10.1. The van der Waals surface area contributed by atoms with Gasteiger partial charge in [0.05, 0.1) is 12.7 Å². The van der Waals surface area contributed by atoms with E-state index in [1.807, 2.05) is 13.8 Å². The quantitative estimate of drug-likeness (QED) is 0.669. The lowest BCUT2D eigenvalue weighted by molar-refractivity contribution is 0.0638. The van der Waals surface area contributed by atoms with Gasteiger partial charge in [-0.15, -0.1) is 0 Å². The molecule has 0 aliphatic carbocycles. The first-order valence-corrected chi connectivity index (χ1v) is 6.36. The Hall–Kier alpha value is -1.17. The Balaban J connectivity index is 2.66. The van der Waals surface area contributed by atoms with Crippen molar-refractivity contribution < 1.29 is 10.2 Å². The highest BCUT2D eigenvalue weighted by Crippen LogP contribution is 2.16. The molecule has 0 fully saturated rings. The number of aliphatic hydroxyl groups is 2. The summed E-state index contributed by atoms with van der Waals surface area (Å²) in [5.41, 5.74) is 6.26. The van der Waals surface area contributed by atoms with E-state index in [9.17, 15) is 10.2 Å². The molecule has 0 bridgehead atoms. The van der Waals surface area contributed by atoms with E-state index in [-0.39, 0.29) is 12.6 Å². The maximum Gasteiger partial charge on any atom is 0.123 e. The lowest BCUT2D eigenvalue weighted by Gasteiger charge is -2.30. The van der Waals surface area contributed by atoms with Gasteiger partial charge in [-0.1, -0.05) is 19.9 Å². The first kappa shape index (κ1) is 14.9. The van der Waals surface area contributed by atoms with Crippen LogP contribution in [0.1, 0.15) is 31.9 Å². The van der Waals surface area contributed by atoms with Gasteiger partial charge in [-0.05, 0) is 19.0 Å². The zero-order valence-electron chi connectivity index (χ0n) is 11.1. The van der Waals surface area contributed by atoms with E-state index in [2.05, 4.69) is 9.88 Å². The SMILES string of the molecule is CC[C@@H](CO)N(CC)CC(O)c1ccc(N)nc1. The normalized spacial score (nSPS) is 14.7.